The van der Waals surface area contributed by atoms with E-state index in [-0.39, 0.29) is 11.9 Å². The van der Waals surface area contributed by atoms with Crippen LogP contribution >= 0.6 is 0 Å². The Balaban J connectivity index is 1.24. The van der Waals surface area contributed by atoms with Crippen molar-refractivity contribution in [3.63, 3.8) is 0 Å². The number of hydrogen-bond acceptors (Lipinski definition) is 3. The predicted molar refractivity (Wildman–Crippen MR) is 180 cm³/mol. The van der Waals surface area contributed by atoms with Gasteiger partial charge in [-0.15, -0.1) is 0 Å². The smallest absolute Gasteiger partial charge is 0.247 e. The second-order valence-electron chi connectivity index (χ2n) is 10.9. The highest BCUT2D eigenvalue weighted by atomic mass is 16.2. The third-order valence-electron chi connectivity index (χ3n) is 7.54. The zero-order chi connectivity index (χ0) is 30.7. The summed E-state index contributed by atoms with van der Waals surface area (Å²) >= 11 is 0. The summed E-state index contributed by atoms with van der Waals surface area (Å²) in [7, 11) is 0. The van der Waals surface area contributed by atoms with E-state index in [0.717, 1.165) is 35.6 Å². The third kappa shape index (κ3) is 8.00. The molecule has 0 aliphatic carbocycles. The van der Waals surface area contributed by atoms with E-state index in [4.69, 9.17) is 0 Å². The average molecular weight is 590 g/mol. The summed E-state index contributed by atoms with van der Waals surface area (Å²) in [5, 5.41) is 0. The Kier molecular flexibility index (Phi) is 9.53. The second kappa shape index (κ2) is 14.6. The zero-order valence-corrected chi connectivity index (χ0v) is 25.0. The van der Waals surface area contributed by atoms with Crippen molar-refractivity contribution < 1.29 is 4.79 Å². The Hall–Kier alpha value is -5.75. The molecule has 6 rings (SSSR count). The van der Waals surface area contributed by atoms with Gasteiger partial charge in [-0.05, 0) is 34.4 Å². The van der Waals surface area contributed by atoms with Gasteiger partial charge < -0.3 is 14.0 Å². The Morgan fingerprint density at radius 2 is 1.07 bits per heavy atom. The molecule has 0 unspecified atom stereocenters. The van der Waals surface area contributed by atoms with Gasteiger partial charge in [0.25, 0.3) is 0 Å². The maximum Gasteiger partial charge on any atom is 0.247 e. The van der Waals surface area contributed by atoms with E-state index in [9.17, 15) is 4.79 Å². The standard InChI is InChI=1S/C39H35N5O/c45-38(24-23-37-29-43(31-41-37)27-33-16-7-2-8-17-33)44(39(34-18-9-3-10-19-34)35-20-11-4-12-21-35)25-13-22-36-28-42(30-40-36)26-32-14-5-1-6-15-32/h1-24,28-31,39H,25-27H2/b22-13+,24-23+. The molecule has 4 aromatic carbocycles. The Morgan fingerprint density at radius 3 is 1.56 bits per heavy atom. The van der Waals surface area contributed by atoms with Gasteiger partial charge >= 0.3 is 0 Å². The van der Waals surface area contributed by atoms with Crippen LogP contribution in [0.5, 0.6) is 0 Å². The topological polar surface area (TPSA) is 56.0 Å². The van der Waals surface area contributed by atoms with Crippen molar-refractivity contribution in [1.82, 2.24) is 24.0 Å². The Bertz CT molecular complexity index is 1800. The maximum absolute atomic E-state index is 14.0. The summed E-state index contributed by atoms with van der Waals surface area (Å²) < 4.78 is 4.09. The largest absolute Gasteiger partial charge is 0.332 e. The number of carbonyl (C=O) groups is 1. The minimum atomic E-state index is -0.277. The van der Waals surface area contributed by atoms with Gasteiger partial charge in [-0.2, -0.15) is 0 Å². The molecule has 2 heterocycles. The lowest BCUT2D eigenvalue weighted by molar-refractivity contribution is -0.127. The molecule has 6 nitrogen and oxygen atoms in total. The quantitative estimate of drug-likeness (QED) is 0.139. The first kappa shape index (κ1) is 29.3. The van der Waals surface area contributed by atoms with Crippen LogP contribution in [0.15, 0.2) is 159 Å². The van der Waals surface area contributed by atoms with Crippen molar-refractivity contribution in [2.24, 2.45) is 0 Å². The van der Waals surface area contributed by atoms with Crippen molar-refractivity contribution in [2.75, 3.05) is 6.54 Å². The van der Waals surface area contributed by atoms with Crippen LogP contribution < -0.4 is 0 Å². The van der Waals surface area contributed by atoms with Crippen LogP contribution in [0.1, 0.15) is 39.7 Å². The maximum atomic E-state index is 14.0. The molecule has 0 spiro atoms. The van der Waals surface area contributed by atoms with Crippen LogP contribution in [0.3, 0.4) is 0 Å². The van der Waals surface area contributed by atoms with E-state index in [1.165, 1.54) is 11.1 Å². The molecule has 45 heavy (non-hydrogen) atoms. The number of aromatic nitrogens is 4. The molecule has 0 bridgehead atoms. The van der Waals surface area contributed by atoms with Crippen molar-refractivity contribution in [1.29, 1.82) is 0 Å². The van der Waals surface area contributed by atoms with Crippen LogP contribution in [0.4, 0.5) is 0 Å². The van der Waals surface area contributed by atoms with Crippen molar-refractivity contribution in [2.45, 2.75) is 19.1 Å². The molecule has 222 valence electrons. The molecule has 0 saturated carbocycles. The molecule has 6 aromatic rings. The van der Waals surface area contributed by atoms with Crippen LogP contribution in [0.25, 0.3) is 12.2 Å². The first-order chi connectivity index (χ1) is 22.2. The zero-order valence-electron chi connectivity index (χ0n) is 25.0. The van der Waals surface area contributed by atoms with Crippen molar-refractivity contribution >= 4 is 18.1 Å². The van der Waals surface area contributed by atoms with Crippen molar-refractivity contribution in [3.05, 3.63) is 192 Å². The molecule has 0 fully saturated rings. The lowest BCUT2D eigenvalue weighted by Gasteiger charge is -2.31. The molecule has 0 aliphatic rings. The third-order valence-corrected chi connectivity index (χ3v) is 7.54. The minimum Gasteiger partial charge on any atom is -0.332 e. The van der Waals surface area contributed by atoms with Gasteiger partial charge in [0.1, 0.15) is 0 Å². The minimum absolute atomic E-state index is 0.107. The highest BCUT2D eigenvalue weighted by molar-refractivity contribution is 5.92. The number of imidazole rings is 2. The summed E-state index contributed by atoms with van der Waals surface area (Å²) in [5.41, 5.74) is 6.06. The molecule has 0 atom stereocenters. The Morgan fingerprint density at radius 1 is 0.622 bits per heavy atom. The summed E-state index contributed by atoms with van der Waals surface area (Å²) in [6.07, 6.45) is 15.0. The average Bonchev–Trinajstić information content (AvgIpc) is 3.74. The molecule has 0 N–H and O–H groups in total. The van der Waals surface area contributed by atoms with Gasteiger partial charge in [0.15, 0.2) is 0 Å². The lowest BCUT2D eigenvalue weighted by Crippen LogP contribution is -2.34. The molecule has 0 aliphatic heterocycles. The normalized spacial score (nSPS) is 11.5. The molecule has 0 radical (unpaired) electrons. The number of amides is 1. The number of nitrogens with zero attached hydrogens (tertiary/aromatic N) is 5. The monoisotopic (exact) mass is 589 g/mol. The number of hydrogen-bond donors (Lipinski definition) is 0. The molecule has 0 saturated heterocycles. The van der Waals surface area contributed by atoms with E-state index in [1.807, 2.05) is 113 Å². The van der Waals surface area contributed by atoms with Crippen molar-refractivity contribution in [3.8, 4) is 0 Å². The van der Waals surface area contributed by atoms with Gasteiger partial charge in [-0.3, -0.25) is 4.79 Å². The lowest BCUT2D eigenvalue weighted by atomic mass is 9.96. The van der Waals surface area contributed by atoms with E-state index in [0.29, 0.717) is 6.54 Å². The van der Waals surface area contributed by atoms with E-state index < -0.39 is 0 Å². The molecule has 2 aromatic heterocycles. The molecular formula is C39H35N5O. The van der Waals surface area contributed by atoms with Gasteiger partial charge in [-0.1, -0.05) is 127 Å². The van der Waals surface area contributed by atoms with Gasteiger partial charge in [0.05, 0.1) is 30.1 Å². The van der Waals surface area contributed by atoms with Crippen LogP contribution in [-0.4, -0.2) is 36.5 Å². The summed E-state index contributed by atoms with van der Waals surface area (Å²) in [4.78, 5) is 25.0. The number of rotatable bonds is 12. The summed E-state index contributed by atoms with van der Waals surface area (Å²) in [6, 6.07) is 40.6. The number of carbonyl (C=O) groups excluding carboxylic acids is 1. The fourth-order valence-corrected chi connectivity index (χ4v) is 5.37. The van der Waals surface area contributed by atoms with Crippen LogP contribution in [0.2, 0.25) is 0 Å². The second-order valence-corrected chi connectivity index (χ2v) is 10.9. The van der Waals surface area contributed by atoms with E-state index in [1.54, 1.807) is 18.5 Å². The van der Waals surface area contributed by atoms with Crippen LogP contribution in [-0.2, 0) is 17.9 Å². The fraction of sp³-hybridized carbons (Fsp3) is 0.103. The number of benzene rings is 4. The van der Waals surface area contributed by atoms with E-state index >= 15 is 0 Å². The van der Waals surface area contributed by atoms with Gasteiger partial charge in [0, 0.05) is 38.1 Å². The SMILES string of the molecule is O=C(/C=C/c1cn(Cc2ccccc2)cn1)N(C/C=C/c1cn(Cc2ccccc2)cn1)C(c1ccccc1)c1ccccc1. The first-order valence-electron chi connectivity index (χ1n) is 15.1. The summed E-state index contributed by atoms with van der Waals surface area (Å²) in [6.45, 7) is 1.87. The van der Waals surface area contributed by atoms with Gasteiger partial charge in [0.2, 0.25) is 5.91 Å². The van der Waals surface area contributed by atoms with Gasteiger partial charge in [-0.25, -0.2) is 9.97 Å². The molecular weight excluding hydrogens is 554 g/mol. The first-order valence-corrected chi connectivity index (χ1v) is 15.1. The highest BCUT2D eigenvalue weighted by Crippen LogP contribution is 2.29. The fourth-order valence-electron chi connectivity index (χ4n) is 5.37. The highest BCUT2D eigenvalue weighted by Gasteiger charge is 2.24. The van der Waals surface area contributed by atoms with Crippen LogP contribution in [0, 0.1) is 0 Å². The predicted octanol–water partition coefficient (Wildman–Crippen LogP) is 7.52. The summed E-state index contributed by atoms with van der Waals surface area (Å²) in [5.74, 6) is -0.107. The molecule has 1 amide bonds. The van der Waals surface area contributed by atoms with E-state index in [2.05, 4.69) is 63.1 Å². The Labute approximate surface area is 264 Å². The molecule has 6 heteroatoms.